The Hall–Kier alpha value is -3.27. The van der Waals surface area contributed by atoms with Gasteiger partial charge in [-0.05, 0) is 43.3 Å². The molecular formula is C21H20ClF3N4O3. The minimum absolute atomic E-state index is 0.0239. The van der Waals surface area contributed by atoms with Crippen LogP contribution >= 0.6 is 11.6 Å². The van der Waals surface area contributed by atoms with Crippen LogP contribution in [0.4, 0.5) is 28.4 Å². The van der Waals surface area contributed by atoms with Crippen molar-refractivity contribution in [3.63, 3.8) is 0 Å². The largest absolute Gasteiger partial charge is 0.453 e. The number of methoxy groups -OCH3 is 1. The maximum atomic E-state index is 13.1. The van der Waals surface area contributed by atoms with E-state index >= 15 is 0 Å². The summed E-state index contributed by atoms with van der Waals surface area (Å²) in [6.07, 6.45) is -5.19. The molecule has 1 aliphatic rings. The van der Waals surface area contributed by atoms with Gasteiger partial charge in [-0.25, -0.2) is 14.6 Å². The van der Waals surface area contributed by atoms with Crippen molar-refractivity contribution in [1.82, 2.24) is 10.3 Å². The molecule has 0 bridgehead atoms. The van der Waals surface area contributed by atoms with Gasteiger partial charge in [-0.15, -0.1) is 0 Å². The second-order valence-corrected chi connectivity index (χ2v) is 7.78. The second-order valence-electron chi connectivity index (χ2n) is 7.35. The molecule has 3 rings (SSSR count). The number of hydrogen-bond donors (Lipinski definition) is 1. The number of carbonyl (C=O) groups excluding carboxylic acids is 2. The van der Waals surface area contributed by atoms with E-state index in [1.54, 1.807) is 31.2 Å². The Morgan fingerprint density at radius 3 is 2.28 bits per heavy atom. The third kappa shape index (κ3) is 4.80. The topological polar surface area (TPSA) is 74.2 Å². The van der Waals surface area contributed by atoms with Crippen LogP contribution in [0, 0.1) is 0 Å². The molecule has 3 amide bonds. The van der Waals surface area contributed by atoms with Crippen LogP contribution in [0.25, 0.3) is 0 Å². The summed E-state index contributed by atoms with van der Waals surface area (Å²) in [4.78, 5) is 26.2. The highest BCUT2D eigenvalue weighted by Gasteiger charge is 2.43. The van der Waals surface area contributed by atoms with E-state index in [2.05, 4.69) is 10.4 Å². The SMILES string of the molecule is COC(=O)NC1(C)CN(C(=O)N(C)c2ccc(C(F)(F)F)cc2)N=C1c1ccc(Cl)cc1. The molecule has 170 valence electrons. The molecule has 1 N–H and O–H groups in total. The van der Waals surface area contributed by atoms with Crippen LogP contribution in [0.15, 0.2) is 53.6 Å². The van der Waals surface area contributed by atoms with Gasteiger partial charge in [0.25, 0.3) is 0 Å². The Labute approximate surface area is 187 Å². The lowest BCUT2D eigenvalue weighted by molar-refractivity contribution is -0.137. The third-order valence-corrected chi connectivity index (χ3v) is 5.23. The first kappa shape index (κ1) is 23.4. The summed E-state index contributed by atoms with van der Waals surface area (Å²) in [6, 6.07) is 10.3. The molecule has 2 aromatic rings. The zero-order valence-corrected chi connectivity index (χ0v) is 18.2. The highest BCUT2D eigenvalue weighted by Crippen LogP contribution is 2.31. The lowest BCUT2D eigenvalue weighted by Gasteiger charge is -2.28. The van der Waals surface area contributed by atoms with E-state index in [9.17, 15) is 22.8 Å². The molecule has 2 aromatic carbocycles. The van der Waals surface area contributed by atoms with Crippen molar-refractivity contribution >= 4 is 35.1 Å². The number of carbonyl (C=O) groups is 2. The summed E-state index contributed by atoms with van der Waals surface area (Å²) in [6.45, 7) is 1.66. The Morgan fingerprint density at radius 2 is 1.75 bits per heavy atom. The monoisotopic (exact) mass is 468 g/mol. The van der Waals surface area contributed by atoms with Crippen molar-refractivity contribution in [2.45, 2.75) is 18.6 Å². The van der Waals surface area contributed by atoms with Crippen molar-refractivity contribution in [1.29, 1.82) is 0 Å². The zero-order valence-electron chi connectivity index (χ0n) is 17.4. The molecule has 0 spiro atoms. The number of nitrogens with one attached hydrogen (secondary N) is 1. The molecule has 0 radical (unpaired) electrons. The molecule has 1 atom stereocenters. The summed E-state index contributed by atoms with van der Waals surface area (Å²) in [5, 5.41) is 8.73. The molecule has 0 aliphatic carbocycles. The first-order valence-electron chi connectivity index (χ1n) is 9.38. The fraction of sp³-hybridized carbons (Fsp3) is 0.286. The lowest BCUT2D eigenvalue weighted by Crippen LogP contribution is -2.55. The van der Waals surface area contributed by atoms with E-state index in [-0.39, 0.29) is 12.2 Å². The van der Waals surface area contributed by atoms with E-state index < -0.39 is 29.4 Å². The smallest absolute Gasteiger partial charge is 0.416 e. The number of urea groups is 1. The normalized spacial score (nSPS) is 18.2. The minimum Gasteiger partial charge on any atom is -0.453 e. The summed E-state index contributed by atoms with van der Waals surface area (Å²) < 4.78 is 43.1. The number of alkyl carbamates (subject to hydrolysis) is 1. The first-order valence-corrected chi connectivity index (χ1v) is 9.76. The van der Waals surface area contributed by atoms with Crippen LogP contribution in [0.1, 0.15) is 18.1 Å². The van der Waals surface area contributed by atoms with Crippen LogP contribution < -0.4 is 10.2 Å². The number of alkyl halides is 3. The van der Waals surface area contributed by atoms with Gasteiger partial charge in [0.15, 0.2) is 0 Å². The average molecular weight is 469 g/mol. The van der Waals surface area contributed by atoms with Gasteiger partial charge < -0.3 is 10.1 Å². The highest BCUT2D eigenvalue weighted by molar-refractivity contribution is 6.30. The molecule has 0 fully saturated rings. The van der Waals surface area contributed by atoms with Crippen LogP contribution in [0.5, 0.6) is 0 Å². The molecule has 11 heteroatoms. The van der Waals surface area contributed by atoms with E-state index in [1.807, 2.05) is 0 Å². The zero-order chi connectivity index (χ0) is 23.7. The molecule has 1 aliphatic heterocycles. The van der Waals surface area contributed by atoms with Crippen molar-refractivity contribution in [3.05, 3.63) is 64.7 Å². The van der Waals surface area contributed by atoms with E-state index in [4.69, 9.17) is 16.3 Å². The molecule has 1 unspecified atom stereocenters. The Kier molecular flexibility index (Phi) is 6.36. The summed E-state index contributed by atoms with van der Waals surface area (Å²) >= 11 is 5.95. The molecule has 32 heavy (non-hydrogen) atoms. The van der Waals surface area contributed by atoms with Crippen molar-refractivity contribution < 1.29 is 27.5 Å². The standard InChI is InChI=1S/C21H20ClF3N4O3/c1-20(26-18(30)32-3)12-29(27-17(20)13-4-8-15(22)9-5-13)19(31)28(2)16-10-6-14(7-11-16)21(23,24)25/h4-11H,12H2,1-3H3,(H,26,30). The van der Waals surface area contributed by atoms with Gasteiger partial charge in [-0.1, -0.05) is 23.7 Å². The van der Waals surface area contributed by atoms with Gasteiger partial charge in [-0.2, -0.15) is 18.3 Å². The number of halogens is 4. The summed E-state index contributed by atoms with van der Waals surface area (Å²) in [5.74, 6) is 0. The summed E-state index contributed by atoms with van der Waals surface area (Å²) in [5.41, 5.74) is -0.631. The number of hydrazone groups is 1. The van der Waals surface area contributed by atoms with E-state index in [0.29, 0.717) is 16.3 Å². The fourth-order valence-electron chi connectivity index (χ4n) is 3.27. The maximum absolute atomic E-state index is 13.1. The molecular weight excluding hydrogens is 449 g/mol. The van der Waals surface area contributed by atoms with Crippen LogP contribution in [-0.4, -0.2) is 49.1 Å². The Balaban J connectivity index is 1.90. The van der Waals surface area contributed by atoms with Crippen LogP contribution in [0.3, 0.4) is 0 Å². The van der Waals surface area contributed by atoms with Crippen LogP contribution in [0.2, 0.25) is 5.02 Å². The number of ether oxygens (including phenoxy) is 1. The first-order chi connectivity index (χ1) is 14.9. The molecule has 0 aromatic heterocycles. The number of hydrogen-bond acceptors (Lipinski definition) is 4. The molecule has 1 heterocycles. The van der Waals surface area contributed by atoms with Crippen LogP contribution in [-0.2, 0) is 10.9 Å². The van der Waals surface area contributed by atoms with Crippen molar-refractivity contribution in [3.8, 4) is 0 Å². The fourth-order valence-corrected chi connectivity index (χ4v) is 3.39. The third-order valence-electron chi connectivity index (χ3n) is 4.98. The lowest BCUT2D eigenvalue weighted by atomic mass is 9.91. The molecule has 7 nitrogen and oxygen atoms in total. The number of benzene rings is 2. The van der Waals surface area contributed by atoms with Gasteiger partial charge in [0.05, 0.1) is 24.9 Å². The molecule has 0 saturated heterocycles. The predicted molar refractivity (Wildman–Crippen MR) is 114 cm³/mol. The second kappa shape index (κ2) is 8.70. The summed E-state index contributed by atoms with van der Waals surface area (Å²) in [7, 11) is 2.64. The maximum Gasteiger partial charge on any atom is 0.416 e. The Morgan fingerprint density at radius 1 is 1.16 bits per heavy atom. The van der Waals surface area contributed by atoms with Gasteiger partial charge in [0, 0.05) is 23.3 Å². The van der Waals surface area contributed by atoms with E-state index in [1.165, 1.54) is 31.2 Å². The number of anilines is 1. The van der Waals surface area contributed by atoms with Gasteiger partial charge in [0.1, 0.15) is 5.54 Å². The number of nitrogens with zero attached hydrogens (tertiary/aromatic N) is 3. The number of rotatable bonds is 3. The van der Waals surface area contributed by atoms with Gasteiger partial charge in [0.2, 0.25) is 0 Å². The quantitative estimate of drug-likeness (QED) is 0.706. The van der Waals surface area contributed by atoms with Gasteiger partial charge in [-0.3, -0.25) is 4.90 Å². The minimum atomic E-state index is -4.48. The van der Waals surface area contributed by atoms with Crippen molar-refractivity contribution in [2.24, 2.45) is 5.10 Å². The Bertz CT molecular complexity index is 1040. The number of amides is 3. The van der Waals surface area contributed by atoms with Crippen molar-refractivity contribution in [2.75, 3.05) is 25.6 Å². The highest BCUT2D eigenvalue weighted by atomic mass is 35.5. The predicted octanol–water partition coefficient (Wildman–Crippen LogP) is 4.75. The van der Waals surface area contributed by atoms with E-state index in [0.717, 1.165) is 17.1 Å². The average Bonchev–Trinajstić information content (AvgIpc) is 3.09. The molecule has 0 saturated carbocycles. The van der Waals surface area contributed by atoms with Gasteiger partial charge >= 0.3 is 18.3 Å².